The predicted octanol–water partition coefficient (Wildman–Crippen LogP) is 6.44. The molecule has 0 saturated carbocycles. The summed E-state index contributed by atoms with van der Waals surface area (Å²) in [4.78, 5) is 11.2. The van der Waals surface area contributed by atoms with E-state index in [1.54, 1.807) is 0 Å². The predicted molar refractivity (Wildman–Crippen MR) is 115 cm³/mol. The van der Waals surface area contributed by atoms with Crippen molar-refractivity contribution in [3.05, 3.63) is 102 Å². The minimum atomic E-state index is -0.728. The summed E-state index contributed by atoms with van der Waals surface area (Å²) in [7, 11) is 0. The first kappa shape index (κ1) is 19.0. The zero-order chi connectivity index (χ0) is 20.2. The van der Waals surface area contributed by atoms with Gasteiger partial charge in [0.25, 0.3) is 0 Å². The lowest BCUT2D eigenvalue weighted by Gasteiger charge is -2.25. The van der Waals surface area contributed by atoms with Crippen LogP contribution >= 0.6 is 0 Å². The Balaban J connectivity index is 1.51. The molecule has 0 fully saturated rings. The van der Waals surface area contributed by atoms with Crippen LogP contribution in [0.25, 0.3) is 5.57 Å². The van der Waals surface area contributed by atoms with Gasteiger partial charge in [0.1, 0.15) is 11.5 Å². The third-order valence-corrected chi connectivity index (χ3v) is 5.53. The molecule has 3 aromatic carbocycles. The van der Waals surface area contributed by atoms with Crippen LogP contribution in [0.3, 0.4) is 0 Å². The molecule has 4 rings (SSSR count). The topological polar surface area (TPSA) is 46.5 Å². The molecule has 0 spiro atoms. The SMILES string of the molecule is C=C(c1ccc(Oc2ccccc2)cc1)c1ccc2c(c1)CCCC2CC(=O)O. The number of rotatable bonds is 6. The Kier molecular flexibility index (Phi) is 5.48. The molecular formula is C26H24O3. The maximum Gasteiger partial charge on any atom is 0.303 e. The molecule has 0 saturated heterocycles. The van der Waals surface area contributed by atoms with Gasteiger partial charge in [-0.3, -0.25) is 4.79 Å². The van der Waals surface area contributed by atoms with E-state index in [9.17, 15) is 9.90 Å². The van der Waals surface area contributed by atoms with E-state index < -0.39 is 5.97 Å². The standard InChI is InChI=1S/C26H24O3/c1-18(19-10-13-24(14-11-19)29-23-8-3-2-4-9-23)20-12-15-25-21(16-20)6-5-7-22(25)17-26(27)28/h2-4,8-16,22H,1,5-7,17H2,(H,27,28). The van der Waals surface area contributed by atoms with E-state index >= 15 is 0 Å². The number of fused-ring (bicyclic) bond motifs is 1. The zero-order valence-corrected chi connectivity index (χ0v) is 16.3. The van der Waals surface area contributed by atoms with E-state index in [0.29, 0.717) is 0 Å². The molecule has 29 heavy (non-hydrogen) atoms. The van der Waals surface area contributed by atoms with Crippen molar-refractivity contribution in [1.82, 2.24) is 0 Å². The van der Waals surface area contributed by atoms with Gasteiger partial charge in [0, 0.05) is 0 Å². The smallest absolute Gasteiger partial charge is 0.303 e. The number of benzene rings is 3. The molecule has 0 bridgehead atoms. The maximum atomic E-state index is 11.2. The van der Waals surface area contributed by atoms with Gasteiger partial charge in [-0.1, -0.05) is 55.1 Å². The molecule has 0 amide bonds. The number of aliphatic carboxylic acids is 1. The molecule has 1 aliphatic carbocycles. The summed E-state index contributed by atoms with van der Waals surface area (Å²) in [6, 6.07) is 24.0. The van der Waals surface area contributed by atoms with Crippen molar-refractivity contribution < 1.29 is 14.6 Å². The second kappa shape index (κ2) is 8.36. The van der Waals surface area contributed by atoms with E-state index in [-0.39, 0.29) is 12.3 Å². The van der Waals surface area contributed by atoms with Crippen LogP contribution < -0.4 is 4.74 Å². The average Bonchev–Trinajstić information content (AvgIpc) is 2.74. The number of carboxylic acid groups (broad SMARTS) is 1. The number of carboxylic acids is 1. The third kappa shape index (κ3) is 4.40. The zero-order valence-electron chi connectivity index (χ0n) is 16.3. The number of hydrogen-bond acceptors (Lipinski definition) is 2. The van der Waals surface area contributed by atoms with E-state index in [4.69, 9.17) is 4.74 Å². The molecule has 0 aliphatic heterocycles. The average molecular weight is 384 g/mol. The Labute approximate surface area is 171 Å². The molecule has 1 aliphatic rings. The Bertz CT molecular complexity index is 1020. The highest BCUT2D eigenvalue weighted by Gasteiger charge is 2.23. The van der Waals surface area contributed by atoms with Gasteiger partial charge < -0.3 is 9.84 Å². The van der Waals surface area contributed by atoms with Crippen molar-refractivity contribution >= 4 is 11.5 Å². The minimum absolute atomic E-state index is 0.119. The third-order valence-electron chi connectivity index (χ3n) is 5.53. The molecule has 1 atom stereocenters. The molecular weight excluding hydrogens is 360 g/mol. The van der Waals surface area contributed by atoms with Crippen LogP contribution in [-0.4, -0.2) is 11.1 Å². The van der Waals surface area contributed by atoms with Crippen LogP contribution in [0.1, 0.15) is 47.4 Å². The van der Waals surface area contributed by atoms with Gasteiger partial charge in [-0.05, 0) is 77.3 Å². The van der Waals surface area contributed by atoms with Crippen LogP contribution in [0, 0.1) is 0 Å². The summed E-state index contributed by atoms with van der Waals surface area (Å²) in [6.45, 7) is 4.29. The summed E-state index contributed by atoms with van der Waals surface area (Å²) < 4.78 is 5.86. The van der Waals surface area contributed by atoms with E-state index in [1.165, 1.54) is 11.1 Å². The maximum absolute atomic E-state index is 11.2. The lowest BCUT2D eigenvalue weighted by Crippen LogP contribution is -2.13. The fraction of sp³-hybridized carbons (Fsp3) is 0.192. The van der Waals surface area contributed by atoms with E-state index in [2.05, 4.69) is 24.8 Å². The number of hydrogen-bond donors (Lipinski definition) is 1. The highest BCUT2D eigenvalue weighted by molar-refractivity contribution is 5.79. The van der Waals surface area contributed by atoms with Gasteiger partial charge in [0.2, 0.25) is 0 Å². The molecule has 0 heterocycles. The lowest BCUT2D eigenvalue weighted by atomic mass is 9.80. The lowest BCUT2D eigenvalue weighted by molar-refractivity contribution is -0.137. The second-order valence-corrected chi connectivity index (χ2v) is 7.52. The molecule has 3 heteroatoms. The monoisotopic (exact) mass is 384 g/mol. The molecule has 3 aromatic rings. The minimum Gasteiger partial charge on any atom is -0.481 e. The van der Waals surface area contributed by atoms with Crippen molar-refractivity contribution in [1.29, 1.82) is 0 Å². The molecule has 3 nitrogen and oxygen atoms in total. The molecule has 1 unspecified atom stereocenters. The number of aryl methyl sites for hydroxylation is 1. The van der Waals surface area contributed by atoms with Crippen molar-refractivity contribution in [3.8, 4) is 11.5 Å². The van der Waals surface area contributed by atoms with Crippen LogP contribution in [0.2, 0.25) is 0 Å². The largest absolute Gasteiger partial charge is 0.481 e. The molecule has 1 N–H and O–H groups in total. The summed E-state index contributed by atoms with van der Waals surface area (Å²) >= 11 is 0. The van der Waals surface area contributed by atoms with Crippen molar-refractivity contribution in [2.75, 3.05) is 0 Å². The van der Waals surface area contributed by atoms with Crippen molar-refractivity contribution in [2.24, 2.45) is 0 Å². The van der Waals surface area contributed by atoms with Gasteiger partial charge in [0.15, 0.2) is 0 Å². The van der Waals surface area contributed by atoms with E-state index in [0.717, 1.165) is 47.5 Å². The van der Waals surface area contributed by atoms with Crippen LogP contribution in [0.15, 0.2) is 79.4 Å². The van der Waals surface area contributed by atoms with Crippen LogP contribution in [0.4, 0.5) is 0 Å². The highest BCUT2D eigenvalue weighted by atomic mass is 16.5. The van der Waals surface area contributed by atoms with Gasteiger partial charge >= 0.3 is 5.97 Å². The van der Waals surface area contributed by atoms with Gasteiger partial charge in [-0.2, -0.15) is 0 Å². The summed E-state index contributed by atoms with van der Waals surface area (Å²) in [5, 5.41) is 9.17. The van der Waals surface area contributed by atoms with Gasteiger partial charge in [-0.25, -0.2) is 0 Å². The first-order chi connectivity index (χ1) is 14.1. The first-order valence-electron chi connectivity index (χ1n) is 9.97. The molecule has 146 valence electrons. The fourth-order valence-corrected chi connectivity index (χ4v) is 4.04. The molecule has 0 aromatic heterocycles. The van der Waals surface area contributed by atoms with Gasteiger partial charge in [0.05, 0.1) is 6.42 Å². The number of para-hydroxylation sites is 1. The fourth-order valence-electron chi connectivity index (χ4n) is 4.04. The Hall–Kier alpha value is -3.33. The number of carbonyl (C=O) groups is 1. The number of ether oxygens (including phenoxy) is 1. The molecule has 0 radical (unpaired) electrons. The summed E-state index contributed by atoms with van der Waals surface area (Å²) in [6.07, 6.45) is 3.18. The first-order valence-corrected chi connectivity index (χ1v) is 9.97. The Morgan fingerprint density at radius 2 is 1.66 bits per heavy atom. The van der Waals surface area contributed by atoms with E-state index in [1.807, 2.05) is 54.6 Å². The normalized spacial score (nSPS) is 15.4. The second-order valence-electron chi connectivity index (χ2n) is 7.52. The summed E-state index contributed by atoms with van der Waals surface area (Å²) in [5.41, 5.74) is 5.52. The van der Waals surface area contributed by atoms with Crippen molar-refractivity contribution in [3.63, 3.8) is 0 Å². The van der Waals surface area contributed by atoms with Crippen molar-refractivity contribution in [2.45, 2.75) is 31.6 Å². The van der Waals surface area contributed by atoms with Gasteiger partial charge in [-0.15, -0.1) is 0 Å². The Morgan fingerprint density at radius 1 is 0.966 bits per heavy atom. The van der Waals surface area contributed by atoms with Crippen LogP contribution in [0.5, 0.6) is 11.5 Å². The highest BCUT2D eigenvalue weighted by Crippen LogP contribution is 2.36. The quantitative estimate of drug-likeness (QED) is 0.532. The Morgan fingerprint density at radius 3 is 2.38 bits per heavy atom. The van der Waals surface area contributed by atoms with Crippen LogP contribution in [-0.2, 0) is 11.2 Å². The summed E-state index contributed by atoms with van der Waals surface area (Å²) in [5.74, 6) is 0.988.